The average Bonchev–Trinajstić information content (AvgIpc) is 3.04. The van der Waals surface area contributed by atoms with Crippen LogP contribution in [-0.2, 0) is 26.0 Å². The maximum Gasteiger partial charge on any atom is 0.243 e. The molecule has 0 unspecified atom stereocenters. The van der Waals surface area contributed by atoms with Gasteiger partial charge in [0.2, 0.25) is 21.8 Å². The van der Waals surface area contributed by atoms with Crippen LogP contribution in [0.4, 0.5) is 11.4 Å². The maximum atomic E-state index is 13.0. The highest BCUT2D eigenvalue weighted by molar-refractivity contribution is 7.89. The Kier molecular flexibility index (Phi) is 6.66. The van der Waals surface area contributed by atoms with E-state index in [-0.39, 0.29) is 23.4 Å². The monoisotopic (exact) mass is 445 g/mol. The summed E-state index contributed by atoms with van der Waals surface area (Å²) in [6, 6.07) is 11.5. The van der Waals surface area contributed by atoms with Crippen LogP contribution in [0, 0.1) is 0 Å². The zero-order valence-corrected chi connectivity index (χ0v) is 18.9. The molecule has 1 aliphatic heterocycles. The van der Waals surface area contributed by atoms with Gasteiger partial charge < -0.3 is 15.0 Å². The molecule has 31 heavy (non-hydrogen) atoms. The van der Waals surface area contributed by atoms with Gasteiger partial charge in [0, 0.05) is 31.4 Å². The van der Waals surface area contributed by atoms with Crippen LogP contribution < -0.4 is 15.0 Å². The summed E-state index contributed by atoms with van der Waals surface area (Å²) in [6.07, 6.45) is 0.584. The molecule has 9 heteroatoms. The van der Waals surface area contributed by atoms with Gasteiger partial charge in [-0.2, -0.15) is 4.31 Å². The SMILES string of the molecule is CCOc1ccc(NC(=O)CN(C)S(=O)(=O)c2ccc3c(c2)C[C@H](C)N3C(C)=O)cc1. The van der Waals surface area contributed by atoms with Gasteiger partial charge in [0.25, 0.3) is 0 Å². The van der Waals surface area contributed by atoms with Gasteiger partial charge in [-0.25, -0.2) is 8.42 Å². The van der Waals surface area contributed by atoms with E-state index in [2.05, 4.69) is 5.32 Å². The predicted molar refractivity (Wildman–Crippen MR) is 119 cm³/mol. The molecule has 0 saturated carbocycles. The van der Waals surface area contributed by atoms with Gasteiger partial charge in [-0.15, -0.1) is 0 Å². The van der Waals surface area contributed by atoms with Crippen LogP contribution >= 0.6 is 0 Å². The van der Waals surface area contributed by atoms with Gasteiger partial charge in [-0.3, -0.25) is 9.59 Å². The molecule has 0 saturated heterocycles. The van der Waals surface area contributed by atoms with Crippen LogP contribution in [0.1, 0.15) is 26.3 Å². The number of ether oxygens (including phenoxy) is 1. The summed E-state index contributed by atoms with van der Waals surface area (Å²) < 4.78 is 32.3. The Bertz CT molecular complexity index is 1080. The van der Waals surface area contributed by atoms with Crippen molar-refractivity contribution in [3.63, 3.8) is 0 Å². The molecular formula is C22H27N3O5S. The van der Waals surface area contributed by atoms with Crippen molar-refractivity contribution in [2.45, 2.75) is 38.1 Å². The number of hydrogen-bond acceptors (Lipinski definition) is 5. The molecule has 8 nitrogen and oxygen atoms in total. The second-order valence-corrected chi connectivity index (χ2v) is 9.54. The largest absolute Gasteiger partial charge is 0.494 e. The lowest BCUT2D eigenvalue weighted by Gasteiger charge is -2.21. The summed E-state index contributed by atoms with van der Waals surface area (Å²) in [4.78, 5) is 26.0. The number of fused-ring (bicyclic) bond motifs is 1. The van der Waals surface area contributed by atoms with Crippen molar-refractivity contribution in [2.75, 3.05) is 30.4 Å². The van der Waals surface area contributed by atoms with Crippen molar-refractivity contribution in [1.82, 2.24) is 4.31 Å². The Morgan fingerprint density at radius 3 is 2.48 bits per heavy atom. The molecule has 1 heterocycles. The fraction of sp³-hybridized carbons (Fsp3) is 0.364. The molecule has 2 aromatic rings. The average molecular weight is 446 g/mol. The Hall–Kier alpha value is -2.91. The molecule has 1 aliphatic rings. The van der Waals surface area contributed by atoms with Crippen LogP contribution in [-0.4, -0.2) is 50.8 Å². The van der Waals surface area contributed by atoms with Gasteiger partial charge in [-0.1, -0.05) is 0 Å². The highest BCUT2D eigenvalue weighted by Gasteiger charge is 2.31. The molecule has 0 fully saturated rings. The van der Waals surface area contributed by atoms with Gasteiger partial charge in [-0.05, 0) is 68.3 Å². The molecule has 0 spiro atoms. The van der Waals surface area contributed by atoms with E-state index in [0.29, 0.717) is 24.5 Å². The smallest absolute Gasteiger partial charge is 0.243 e. The first kappa shape index (κ1) is 22.8. The fourth-order valence-corrected chi connectivity index (χ4v) is 4.89. The summed E-state index contributed by atoms with van der Waals surface area (Å²) in [5.74, 6) is 0.159. The van der Waals surface area contributed by atoms with E-state index in [1.54, 1.807) is 41.3 Å². The normalized spacial score (nSPS) is 15.6. The van der Waals surface area contributed by atoms with Crippen molar-refractivity contribution in [2.24, 2.45) is 0 Å². The number of hydrogen-bond donors (Lipinski definition) is 1. The lowest BCUT2D eigenvalue weighted by atomic mass is 10.1. The molecule has 2 amide bonds. The summed E-state index contributed by atoms with van der Waals surface area (Å²) in [5, 5.41) is 2.69. The van der Waals surface area contributed by atoms with Gasteiger partial charge in [0.15, 0.2) is 0 Å². The summed E-state index contributed by atoms with van der Waals surface area (Å²) in [7, 11) is -2.50. The molecular weight excluding hydrogens is 418 g/mol. The third kappa shape index (κ3) is 4.88. The lowest BCUT2D eigenvalue weighted by molar-refractivity contribution is -0.117. The number of amides is 2. The zero-order valence-electron chi connectivity index (χ0n) is 18.1. The van der Waals surface area contributed by atoms with Crippen molar-refractivity contribution < 1.29 is 22.7 Å². The molecule has 0 aromatic heterocycles. The quantitative estimate of drug-likeness (QED) is 0.707. The number of nitrogens with zero attached hydrogens (tertiary/aromatic N) is 2. The van der Waals surface area contributed by atoms with E-state index in [9.17, 15) is 18.0 Å². The van der Waals surface area contributed by atoms with Crippen LogP contribution in [0.15, 0.2) is 47.4 Å². The van der Waals surface area contributed by atoms with Gasteiger partial charge >= 0.3 is 0 Å². The third-order valence-electron chi connectivity index (χ3n) is 5.13. The minimum atomic E-state index is -3.87. The van der Waals surface area contributed by atoms with E-state index in [0.717, 1.165) is 15.6 Å². The van der Waals surface area contributed by atoms with Gasteiger partial charge in [0.05, 0.1) is 18.0 Å². The highest BCUT2D eigenvalue weighted by Crippen LogP contribution is 2.34. The van der Waals surface area contributed by atoms with Crippen molar-refractivity contribution >= 4 is 33.2 Å². The summed E-state index contributed by atoms with van der Waals surface area (Å²) >= 11 is 0. The van der Waals surface area contributed by atoms with Crippen LogP contribution in [0.5, 0.6) is 5.75 Å². The third-order valence-corrected chi connectivity index (χ3v) is 6.93. The zero-order chi connectivity index (χ0) is 22.8. The standard InChI is InChI=1S/C22H27N3O5S/c1-5-30-19-8-6-18(7-9-19)23-22(27)14-24(4)31(28,29)20-10-11-21-17(13-20)12-15(2)25(21)16(3)26/h6-11,13,15H,5,12,14H2,1-4H3,(H,23,27)/t15-/m0/s1. The van der Waals surface area contributed by atoms with Crippen LogP contribution in [0.25, 0.3) is 0 Å². The molecule has 166 valence electrons. The minimum absolute atomic E-state index is 0.0249. The maximum absolute atomic E-state index is 13.0. The number of carbonyl (C=O) groups excluding carboxylic acids is 2. The number of sulfonamides is 1. The number of nitrogens with one attached hydrogen (secondary N) is 1. The first-order valence-electron chi connectivity index (χ1n) is 10.0. The van der Waals surface area contributed by atoms with E-state index < -0.39 is 15.9 Å². The van der Waals surface area contributed by atoms with Gasteiger partial charge in [0.1, 0.15) is 5.75 Å². The Morgan fingerprint density at radius 1 is 1.19 bits per heavy atom. The molecule has 1 atom stereocenters. The molecule has 0 radical (unpaired) electrons. The lowest BCUT2D eigenvalue weighted by Crippen LogP contribution is -2.35. The first-order valence-corrected chi connectivity index (χ1v) is 11.5. The highest BCUT2D eigenvalue weighted by atomic mass is 32.2. The second kappa shape index (κ2) is 9.07. The Balaban J connectivity index is 1.70. The topological polar surface area (TPSA) is 96.0 Å². The minimum Gasteiger partial charge on any atom is -0.494 e. The number of anilines is 2. The Morgan fingerprint density at radius 2 is 1.87 bits per heavy atom. The number of likely N-dealkylation sites (N-methyl/N-ethyl adjacent to an activating group) is 1. The summed E-state index contributed by atoms with van der Waals surface area (Å²) in [6.45, 7) is 5.51. The molecule has 2 aromatic carbocycles. The van der Waals surface area contributed by atoms with Crippen LogP contribution in [0.2, 0.25) is 0 Å². The Labute approximate surface area is 182 Å². The van der Waals surface area contributed by atoms with Crippen molar-refractivity contribution in [3.8, 4) is 5.75 Å². The van der Waals surface area contributed by atoms with E-state index in [1.807, 2.05) is 13.8 Å². The molecule has 0 bridgehead atoms. The fourth-order valence-electron chi connectivity index (χ4n) is 3.72. The van der Waals surface area contributed by atoms with E-state index in [4.69, 9.17) is 4.74 Å². The number of rotatable bonds is 7. The van der Waals surface area contributed by atoms with Crippen LogP contribution in [0.3, 0.4) is 0 Å². The first-order chi connectivity index (χ1) is 14.6. The van der Waals surface area contributed by atoms with Crippen molar-refractivity contribution in [3.05, 3.63) is 48.0 Å². The molecule has 3 rings (SSSR count). The second-order valence-electron chi connectivity index (χ2n) is 7.50. The van der Waals surface area contributed by atoms with E-state index >= 15 is 0 Å². The number of carbonyl (C=O) groups is 2. The predicted octanol–water partition coefficient (Wildman–Crippen LogP) is 2.64. The van der Waals surface area contributed by atoms with E-state index in [1.165, 1.54) is 20.0 Å². The number of benzene rings is 2. The summed E-state index contributed by atoms with van der Waals surface area (Å²) in [5.41, 5.74) is 2.08. The van der Waals surface area contributed by atoms with Crippen molar-refractivity contribution in [1.29, 1.82) is 0 Å². The molecule has 0 aliphatic carbocycles. The molecule has 1 N–H and O–H groups in total.